The summed E-state index contributed by atoms with van der Waals surface area (Å²) in [5.74, 6) is -0.459. The number of carboxylic acid groups (broad SMARTS) is 1. The minimum absolute atomic E-state index is 0.0401. The van der Waals surface area contributed by atoms with Crippen molar-refractivity contribution in [2.75, 3.05) is 26.8 Å². The van der Waals surface area contributed by atoms with Crippen LogP contribution >= 0.6 is 0 Å². The van der Waals surface area contributed by atoms with Crippen molar-refractivity contribution in [3.05, 3.63) is 17.0 Å². The van der Waals surface area contributed by atoms with Gasteiger partial charge in [0, 0.05) is 38.0 Å². The SMILES string of the molecule is COCC1(C(=O)O)CCCN(C(=O)Cc2c(C)nn(CC(C)C)c2C)C1. The van der Waals surface area contributed by atoms with Crippen molar-refractivity contribution in [1.29, 1.82) is 0 Å². The second-order valence-corrected chi connectivity index (χ2v) is 7.84. The zero-order chi connectivity index (χ0) is 19.5. The molecule has 26 heavy (non-hydrogen) atoms. The molecule has 1 N–H and O–H groups in total. The van der Waals surface area contributed by atoms with Gasteiger partial charge in [0.15, 0.2) is 0 Å². The zero-order valence-corrected chi connectivity index (χ0v) is 16.5. The lowest BCUT2D eigenvalue weighted by Gasteiger charge is -2.39. The standard InChI is InChI=1S/C19H31N3O4/c1-13(2)10-22-15(4)16(14(3)20-22)9-17(23)21-8-6-7-19(11-21,12-26-5)18(24)25/h13H,6-12H2,1-5H3,(H,24,25). The first-order chi connectivity index (χ1) is 12.2. The van der Waals surface area contributed by atoms with Crippen molar-refractivity contribution >= 4 is 11.9 Å². The van der Waals surface area contributed by atoms with Gasteiger partial charge in [0.25, 0.3) is 0 Å². The molecule has 0 saturated carbocycles. The first-order valence-electron chi connectivity index (χ1n) is 9.23. The number of amides is 1. The molecule has 1 aromatic heterocycles. The molecule has 1 aromatic rings. The lowest BCUT2D eigenvalue weighted by molar-refractivity contribution is -0.159. The fraction of sp³-hybridized carbons (Fsp3) is 0.737. The van der Waals surface area contributed by atoms with Crippen molar-refractivity contribution in [3.63, 3.8) is 0 Å². The fourth-order valence-corrected chi connectivity index (χ4v) is 3.75. The van der Waals surface area contributed by atoms with Crippen LogP contribution in [0, 0.1) is 25.2 Å². The number of methoxy groups -OCH3 is 1. The van der Waals surface area contributed by atoms with E-state index < -0.39 is 11.4 Å². The summed E-state index contributed by atoms with van der Waals surface area (Å²) in [7, 11) is 1.50. The molecule has 1 fully saturated rings. The molecule has 7 heteroatoms. The third kappa shape index (κ3) is 4.26. The molecule has 1 aliphatic heterocycles. The summed E-state index contributed by atoms with van der Waals surface area (Å²) < 4.78 is 7.10. The lowest BCUT2D eigenvalue weighted by Crippen LogP contribution is -2.52. The Morgan fingerprint density at radius 1 is 1.35 bits per heavy atom. The number of carboxylic acids is 1. The molecular weight excluding hydrogens is 334 g/mol. The van der Waals surface area contributed by atoms with Crippen molar-refractivity contribution in [2.45, 2.75) is 53.5 Å². The van der Waals surface area contributed by atoms with Crippen LogP contribution in [0.4, 0.5) is 0 Å². The monoisotopic (exact) mass is 365 g/mol. The van der Waals surface area contributed by atoms with Gasteiger partial charge in [-0.1, -0.05) is 13.8 Å². The molecule has 0 aliphatic carbocycles. The maximum atomic E-state index is 12.9. The summed E-state index contributed by atoms with van der Waals surface area (Å²) in [6, 6.07) is 0. The highest BCUT2D eigenvalue weighted by molar-refractivity contribution is 5.81. The number of rotatable bonds is 7. The van der Waals surface area contributed by atoms with E-state index >= 15 is 0 Å². The van der Waals surface area contributed by atoms with Crippen LogP contribution in [0.15, 0.2) is 0 Å². The van der Waals surface area contributed by atoms with E-state index in [2.05, 4.69) is 18.9 Å². The molecule has 1 atom stereocenters. The van der Waals surface area contributed by atoms with Crippen LogP contribution in [-0.4, -0.2) is 58.5 Å². The molecule has 1 aliphatic rings. The normalized spacial score (nSPS) is 20.6. The number of carbonyl (C=O) groups excluding carboxylic acids is 1. The number of hydrogen-bond acceptors (Lipinski definition) is 4. The number of hydrogen-bond donors (Lipinski definition) is 1. The highest BCUT2D eigenvalue weighted by Gasteiger charge is 2.43. The summed E-state index contributed by atoms with van der Waals surface area (Å²) in [6.07, 6.45) is 1.47. The van der Waals surface area contributed by atoms with Gasteiger partial charge in [-0.3, -0.25) is 14.3 Å². The highest BCUT2D eigenvalue weighted by Crippen LogP contribution is 2.31. The molecule has 0 spiro atoms. The number of aryl methyl sites for hydroxylation is 1. The van der Waals surface area contributed by atoms with Gasteiger partial charge in [0.2, 0.25) is 5.91 Å². The fourth-order valence-electron chi connectivity index (χ4n) is 3.75. The van der Waals surface area contributed by atoms with Gasteiger partial charge in [-0.25, -0.2) is 0 Å². The topological polar surface area (TPSA) is 84.7 Å². The summed E-state index contributed by atoms with van der Waals surface area (Å²) in [6.45, 7) is 9.93. The number of nitrogens with zero attached hydrogens (tertiary/aromatic N) is 3. The summed E-state index contributed by atoms with van der Waals surface area (Å²) in [5, 5.41) is 14.2. The third-order valence-corrected chi connectivity index (χ3v) is 5.20. The van der Waals surface area contributed by atoms with Gasteiger partial charge in [-0.2, -0.15) is 5.10 Å². The predicted molar refractivity (Wildman–Crippen MR) is 98.0 cm³/mol. The smallest absolute Gasteiger partial charge is 0.313 e. The van der Waals surface area contributed by atoms with Crippen molar-refractivity contribution in [3.8, 4) is 0 Å². The maximum Gasteiger partial charge on any atom is 0.313 e. The molecule has 0 aromatic carbocycles. The summed E-state index contributed by atoms with van der Waals surface area (Å²) in [4.78, 5) is 26.3. The second kappa shape index (κ2) is 8.20. The number of aromatic nitrogens is 2. The number of carbonyl (C=O) groups is 2. The Morgan fingerprint density at radius 2 is 2.04 bits per heavy atom. The number of aliphatic carboxylic acids is 1. The molecule has 7 nitrogen and oxygen atoms in total. The molecule has 146 valence electrons. The van der Waals surface area contributed by atoms with Gasteiger partial charge in [-0.05, 0) is 32.6 Å². The van der Waals surface area contributed by atoms with Crippen LogP contribution in [0.2, 0.25) is 0 Å². The Balaban J connectivity index is 2.15. The van der Waals surface area contributed by atoms with Crippen LogP contribution in [0.1, 0.15) is 43.6 Å². The minimum atomic E-state index is -1.01. The van der Waals surface area contributed by atoms with Crippen molar-refractivity contribution < 1.29 is 19.4 Å². The maximum absolute atomic E-state index is 12.9. The average molecular weight is 365 g/mol. The van der Waals surface area contributed by atoms with E-state index in [0.717, 1.165) is 23.5 Å². The average Bonchev–Trinajstić information content (AvgIpc) is 2.82. The van der Waals surface area contributed by atoms with Gasteiger partial charge >= 0.3 is 5.97 Å². The minimum Gasteiger partial charge on any atom is -0.481 e. The Hall–Kier alpha value is -1.89. The third-order valence-electron chi connectivity index (χ3n) is 5.20. The highest BCUT2D eigenvalue weighted by atomic mass is 16.5. The van der Waals surface area contributed by atoms with Gasteiger partial charge in [-0.15, -0.1) is 0 Å². The first-order valence-corrected chi connectivity index (χ1v) is 9.23. The van der Waals surface area contributed by atoms with E-state index in [4.69, 9.17) is 4.74 Å². The van der Waals surface area contributed by atoms with Crippen LogP contribution in [0.3, 0.4) is 0 Å². The zero-order valence-electron chi connectivity index (χ0n) is 16.5. The molecule has 2 rings (SSSR count). The Bertz CT molecular complexity index is 664. The largest absolute Gasteiger partial charge is 0.481 e. The van der Waals surface area contributed by atoms with Gasteiger partial charge in [0.1, 0.15) is 5.41 Å². The number of likely N-dealkylation sites (tertiary alicyclic amines) is 1. The van der Waals surface area contributed by atoms with E-state index in [-0.39, 0.29) is 25.5 Å². The van der Waals surface area contributed by atoms with Crippen LogP contribution < -0.4 is 0 Å². The van der Waals surface area contributed by atoms with E-state index in [1.54, 1.807) is 4.90 Å². The lowest BCUT2D eigenvalue weighted by atomic mass is 9.80. The van der Waals surface area contributed by atoms with E-state index in [1.807, 2.05) is 18.5 Å². The van der Waals surface area contributed by atoms with E-state index in [9.17, 15) is 14.7 Å². The molecule has 0 radical (unpaired) electrons. The van der Waals surface area contributed by atoms with Crippen molar-refractivity contribution in [1.82, 2.24) is 14.7 Å². The Labute approximate surface area is 155 Å². The van der Waals surface area contributed by atoms with Crippen LogP contribution in [0.5, 0.6) is 0 Å². The van der Waals surface area contributed by atoms with Crippen LogP contribution in [0.25, 0.3) is 0 Å². The summed E-state index contributed by atoms with van der Waals surface area (Å²) in [5.41, 5.74) is 1.83. The van der Waals surface area contributed by atoms with E-state index in [1.165, 1.54) is 7.11 Å². The molecular formula is C19H31N3O4. The van der Waals surface area contributed by atoms with Gasteiger partial charge < -0.3 is 14.7 Å². The first kappa shape index (κ1) is 20.4. The number of piperidine rings is 1. The molecule has 0 bridgehead atoms. The quantitative estimate of drug-likeness (QED) is 0.799. The summed E-state index contributed by atoms with van der Waals surface area (Å²) >= 11 is 0. The molecule has 1 saturated heterocycles. The van der Waals surface area contributed by atoms with Crippen molar-refractivity contribution in [2.24, 2.45) is 11.3 Å². The molecule has 1 unspecified atom stereocenters. The van der Waals surface area contributed by atoms with E-state index in [0.29, 0.717) is 25.3 Å². The molecule has 2 heterocycles. The molecule has 1 amide bonds. The predicted octanol–water partition coefficient (Wildman–Crippen LogP) is 2.04. The Morgan fingerprint density at radius 3 is 2.62 bits per heavy atom. The Kier molecular flexibility index (Phi) is 6.44. The second-order valence-electron chi connectivity index (χ2n) is 7.84. The van der Waals surface area contributed by atoms with Gasteiger partial charge in [0.05, 0.1) is 18.7 Å². The van der Waals surface area contributed by atoms with Crippen LogP contribution in [-0.2, 0) is 27.3 Å². The number of ether oxygens (including phenoxy) is 1.